The fourth-order valence-electron chi connectivity index (χ4n) is 2.84. The molecule has 0 bridgehead atoms. The molecule has 0 aromatic carbocycles. The summed E-state index contributed by atoms with van der Waals surface area (Å²) in [6, 6.07) is 0.633. The molecule has 2 saturated heterocycles. The maximum Gasteiger partial charge on any atom is 0.110 e. The van der Waals surface area contributed by atoms with Crippen molar-refractivity contribution in [2.45, 2.75) is 39.0 Å². The monoisotopic (exact) mass is 239 g/mol. The Bertz CT molecular complexity index is 196. The zero-order valence-electron chi connectivity index (χ0n) is 11.7. The van der Waals surface area contributed by atoms with Gasteiger partial charge in [0.2, 0.25) is 0 Å². The first-order valence-corrected chi connectivity index (χ1v) is 7.16. The van der Waals surface area contributed by atoms with E-state index in [1.54, 1.807) is 0 Å². The van der Waals surface area contributed by atoms with Crippen LogP contribution < -0.4 is 0 Å². The van der Waals surface area contributed by atoms with Gasteiger partial charge in [-0.05, 0) is 19.4 Å². The van der Waals surface area contributed by atoms with Crippen LogP contribution in [0.15, 0.2) is 0 Å². The third-order valence-corrected chi connectivity index (χ3v) is 3.92. The van der Waals surface area contributed by atoms with E-state index in [0.29, 0.717) is 18.6 Å². The lowest BCUT2D eigenvalue weighted by atomic mass is 9.58. The average molecular weight is 239 g/mol. The SMILES string of the molecule is CC.CN1CCN(C2CC[B]CC2CO)CC1. The van der Waals surface area contributed by atoms with E-state index in [1.807, 2.05) is 13.8 Å². The van der Waals surface area contributed by atoms with Gasteiger partial charge in [-0.1, -0.05) is 26.5 Å². The van der Waals surface area contributed by atoms with Crippen molar-refractivity contribution >= 4 is 7.28 Å². The number of aliphatic hydroxyl groups excluding tert-OH is 1. The first-order chi connectivity index (χ1) is 8.31. The Morgan fingerprint density at radius 1 is 1.18 bits per heavy atom. The molecular weight excluding hydrogens is 211 g/mol. The summed E-state index contributed by atoms with van der Waals surface area (Å²) in [6.45, 7) is 9.07. The van der Waals surface area contributed by atoms with Crippen molar-refractivity contribution < 1.29 is 5.11 Å². The van der Waals surface area contributed by atoms with E-state index in [9.17, 15) is 5.11 Å². The highest BCUT2D eigenvalue weighted by Gasteiger charge is 2.30. The van der Waals surface area contributed by atoms with E-state index in [2.05, 4.69) is 24.1 Å². The van der Waals surface area contributed by atoms with E-state index >= 15 is 0 Å². The molecule has 2 aliphatic heterocycles. The predicted molar refractivity (Wildman–Crippen MR) is 74.8 cm³/mol. The lowest BCUT2D eigenvalue weighted by Gasteiger charge is -2.43. The summed E-state index contributed by atoms with van der Waals surface area (Å²) < 4.78 is 0. The van der Waals surface area contributed by atoms with Gasteiger partial charge in [0.1, 0.15) is 7.28 Å². The van der Waals surface area contributed by atoms with Crippen LogP contribution in [0.2, 0.25) is 12.6 Å². The fourth-order valence-corrected chi connectivity index (χ4v) is 2.84. The molecule has 1 radical (unpaired) electrons. The van der Waals surface area contributed by atoms with Crippen LogP contribution in [-0.2, 0) is 0 Å². The van der Waals surface area contributed by atoms with E-state index < -0.39 is 0 Å². The first kappa shape index (κ1) is 15.0. The Kier molecular flexibility index (Phi) is 7.16. The van der Waals surface area contributed by atoms with Crippen molar-refractivity contribution in [2.75, 3.05) is 39.8 Å². The van der Waals surface area contributed by atoms with E-state index in [4.69, 9.17) is 0 Å². The van der Waals surface area contributed by atoms with Crippen molar-refractivity contribution in [3.63, 3.8) is 0 Å². The second-order valence-corrected chi connectivity index (χ2v) is 4.95. The van der Waals surface area contributed by atoms with Gasteiger partial charge in [-0.25, -0.2) is 0 Å². The van der Waals surface area contributed by atoms with Gasteiger partial charge in [-0.3, -0.25) is 4.90 Å². The summed E-state index contributed by atoms with van der Waals surface area (Å²) in [5.41, 5.74) is 0. The number of nitrogens with zero attached hydrogens (tertiary/aromatic N) is 2. The van der Waals surface area contributed by atoms with Crippen molar-refractivity contribution in [1.82, 2.24) is 9.80 Å². The molecule has 0 aromatic rings. The van der Waals surface area contributed by atoms with Gasteiger partial charge < -0.3 is 10.0 Å². The quantitative estimate of drug-likeness (QED) is 0.733. The molecule has 2 unspecified atom stereocenters. The molecule has 2 aliphatic rings. The highest BCUT2D eigenvalue weighted by molar-refractivity contribution is 6.35. The Morgan fingerprint density at radius 3 is 2.41 bits per heavy atom. The summed E-state index contributed by atoms with van der Waals surface area (Å²) in [7, 11) is 4.53. The number of piperazine rings is 1. The second-order valence-electron chi connectivity index (χ2n) is 4.95. The van der Waals surface area contributed by atoms with Crippen molar-refractivity contribution in [2.24, 2.45) is 5.92 Å². The largest absolute Gasteiger partial charge is 0.396 e. The van der Waals surface area contributed by atoms with E-state index in [-0.39, 0.29) is 0 Å². The maximum atomic E-state index is 9.39. The van der Waals surface area contributed by atoms with Gasteiger partial charge in [0.05, 0.1) is 0 Å². The summed E-state index contributed by atoms with van der Waals surface area (Å²) in [6.07, 6.45) is 3.58. The molecule has 0 amide bonds. The van der Waals surface area contributed by atoms with Crippen LogP contribution >= 0.6 is 0 Å². The van der Waals surface area contributed by atoms with Crippen LogP contribution in [0.3, 0.4) is 0 Å². The minimum absolute atomic E-state index is 0.355. The van der Waals surface area contributed by atoms with Gasteiger partial charge in [-0.15, -0.1) is 0 Å². The van der Waals surface area contributed by atoms with Gasteiger partial charge in [-0.2, -0.15) is 0 Å². The molecule has 0 spiro atoms. The van der Waals surface area contributed by atoms with Crippen molar-refractivity contribution in [3.05, 3.63) is 0 Å². The van der Waals surface area contributed by atoms with E-state index in [1.165, 1.54) is 38.9 Å². The van der Waals surface area contributed by atoms with Crippen LogP contribution in [0.25, 0.3) is 0 Å². The third-order valence-electron chi connectivity index (χ3n) is 3.92. The minimum Gasteiger partial charge on any atom is -0.396 e. The highest BCUT2D eigenvalue weighted by atomic mass is 16.3. The van der Waals surface area contributed by atoms with Crippen LogP contribution in [-0.4, -0.2) is 68.1 Å². The minimum atomic E-state index is 0.355. The molecule has 4 heteroatoms. The number of aliphatic hydroxyl groups is 1. The molecule has 17 heavy (non-hydrogen) atoms. The number of likely N-dealkylation sites (N-methyl/N-ethyl adjacent to an activating group) is 1. The van der Waals surface area contributed by atoms with Crippen LogP contribution in [0.4, 0.5) is 0 Å². The summed E-state index contributed by atoms with van der Waals surface area (Å²) in [5, 5.41) is 9.39. The molecule has 99 valence electrons. The van der Waals surface area contributed by atoms with Crippen LogP contribution in [0.1, 0.15) is 20.3 Å². The molecule has 1 N–H and O–H groups in total. The normalized spacial score (nSPS) is 31.3. The molecular formula is C13H28BN2O. The molecule has 3 nitrogen and oxygen atoms in total. The smallest absolute Gasteiger partial charge is 0.110 e. The fraction of sp³-hybridized carbons (Fsp3) is 1.00. The molecule has 2 heterocycles. The van der Waals surface area contributed by atoms with Gasteiger partial charge >= 0.3 is 0 Å². The van der Waals surface area contributed by atoms with Crippen LogP contribution in [0.5, 0.6) is 0 Å². The Balaban J connectivity index is 0.000000686. The Labute approximate surface area is 107 Å². The number of hydrogen-bond donors (Lipinski definition) is 1. The van der Waals surface area contributed by atoms with Crippen molar-refractivity contribution in [1.29, 1.82) is 0 Å². The average Bonchev–Trinajstić information content (AvgIpc) is 2.42. The number of rotatable bonds is 2. The van der Waals surface area contributed by atoms with Gasteiger partial charge in [0.15, 0.2) is 0 Å². The molecule has 2 fully saturated rings. The Hall–Kier alpha value is -0.0551. The lowest BCUT2D eigenvalue weighted by molar-refractivity contribution is 0.0586. The predicted octanol–water partition coefficient (Wildman–Crippen LogP) is 1.18. The van der Waals surface area contributed by atoms with Crippen molar-refractivity contribution in [3.8, 4) is 0 Å². The second kappa shape index (κ2) is 8.12. The zero-order chi connectivity index (χ0) is 12.7. The standard InChI is InChI=1S/C11H22BN2O.C2H6/c1-13-4-6-14(7-5-13)11-2-3-12-8-10(11)9-15;1-2/h10-11,15H,2-9H2,1H3;1-2H3. The third kappa shape index (κ3) is 4.27. The molecule has 0 aliphatic carbocycles. The zero-order valence-corrected chi connectivity index (χ0v) is 11.7. The Morgan fingerprint density at radius 2 is 1.82 bits per heavy atom. The highest BCUT2D eigenvalue weighted by Crippen LogP contribution is 2.26. The summed E-state index contributed by atoms with van der Waals surface area (Å²) in [4.78, 5) is 4.98. The van der Waals surface area contributed by atoms with Gasteiger partial charge in [0.25, 0.3) is 0 Å². The van der Waals surface area contributed by atoms with Crippen LogP contribution in [0, 0.1) is 5.92 Å². The molecule has 0 aromatic heterocycles. The topological polar surface area (TPSA) is 26.7 Å². The lowest BCUT2D eigenvalue weighted by Crippen LogP contribution is -2.52. The molecule has 0 saturated carbocycles. The van der Waals surface area contributed by atoms with E-state index in [0.717, 1.165) is 6.32 Å². The maximum absolute atomic E-state index is 9.39. The molecule has 2 rings (SSSR count). The summed E-state index contributed by atoms with van der Waals surface area (Å²) in [5.74, 6) is 0.488. The summed E-state index contributed by atoms with van der Waals surface area (Å²) >= 11 is 0. The van der Waals surface area contributed by atoms with Gasteiger partial charge in [0, 0.05) is 38.8 Å². The first-order valence-electron chi connectivity index (χ1n) is 7.16. The number of hydrogen-bond acceptors (Lipinski definition) is 3. The molecule has 2 atom stereocenters.